The Labute approximate surface area is 330 Å². The van der Waals surface area contributed by atoms with Crippen LogP contribution in [0.25, 0.3) is 62.9 Å². The summed E-state index contributed by atoms with van der Waals surface area (Å²) < 4.78 is 5.18. The van der Waals surface area contributed by atoms with Crippen LogP contribution in [0, 0.1) is 0 Å². The standard InChI is InChI=1S/C42H48N6O4S3/c1-3-5-7-9-11-13-15-31(49)43-21-19-25-23-29-39(53-25)45-37-35-33-27(41(51)47(29)37)17-18-28-34(33)36(55-35)38-46-40-30(48(38)42(28)52)24-26(54-40)20-22-44-32(50)16-14-12-10-8-6-4-2/h17-18,23-24H,3-16,19-22H2,1-2H3,(H,43,49)(H,44,50). The van der Waals surface area contributed by atoms with Gasteiger partial charge in [0.25, 0.3) is 11.1 Å². The van der Waals surface area contributed by atoms with Gasteiger partial charge in [0.2, 0.25) is 11.8 Å². The number of imidazole rings is 2. The van der Waals surface area contributed by atoms with Gasteiger partial charge < -0.3 is 10.6 Å². The van der Waals surface area contributed by atoms with Gasteiger partial charge in [0, 0.05) is 57.2 Å². The van der Waals surface area contributed by atoms with Crippen molar-refractivity contribution in [1.29, 1.82) is 0 Å². The van der Waals surface area contributed by atoms with E-state index in [9.17, 15) is 19.2 Å². The van der Waals surface area contributed by atoms with Crippen molar-refractivity contribution in [1.82, 2.24) is 29.4 Å². The number of rotatable bonds is 20. The molecule has 55 heavy (non-hydrogen) atoms. The third kappa shape index (κ3) is 7.31. The number of carbonyl (C=O) groups excluding carboxylic acids is 2. The molecule has 0 saturated carbocycles. The molecule has 0 atom stereocenters. The van der Waals surface area contributed by atoms with Crippen LogP contribution in [0.15, 0.2) is 33.9 Å². The lowest BCUT2D eigenvalue weighted by atomic mass is 10.0. The van der Waals surface area contributed by atoms with Gasteiger partial charge in [0.1, 0.15) is 9.66 Å². The molecule has 1 aromatic carbocycles. The zero-order valence-corrected chi connectivity index (χ0v) is 34.1. The van der Waals surface area contributed by atoms with Crippen LogP contribution in [0.5, 0.6) is 0 Å². The predicted molar refractivity (Wildman–Crippen MR) is 229 cm³/mol. The van der Waals surface area contributed by atoms with Gasteiger partial charge in [0.15, 0.2) is 11.3 Å². The monoisotopic (exact) mass is 796 g/mol. The smallest absolute Gasteiger partial charge is 0.264 e. The maximum atomic E-state index is 14.1. The first-order valence-electron chi connectivity index (χ1n) is 20.1. The van der Waals surface area contributed by atoms with Gasteiger partial charge in [-0.2, -0.15) is 0 Å². The molecule has 7 aromatic heterocycles. The fourth-order valence-corrected chi connectivity index (χ4v) is 11.3. The van der Waals surface area contributed by atoms with Crippen molar-refractivity contribution in [2.24, 2.45) is 0 Å². The summed E-state index contributed by atoms with van der Waals surface area (Å²) in [7, 11) is 0. The van der Waals surface area contributed by atoms with Gasteiger partial charge in [-0.1, -0.05) is 78.1 Å². The molecule has 288 valence electrons. The van der Waals surface area contributed by atoms with Crippen LogP contribution in [0.1, 0.15) is 113 Å². The SMILES string of the molecule is CCCCCCCCC(=O)NCCc1cc2c(nc3c4sc5c6c(ccc(c(=O)n23)c46)c(=O)n2c3cc(CCNC(=O)CCCCCCCC)sc3nc52)s1. The fraction of sp³-hybridized carbons (Fsp3) is 0.476. The molecule has 10 nitrogen and oxygen atoms in total. The number of benzene rings is 1. The molecule has 0 radical (unpaired) electrons. The fourth-order valence-electron chi connectivity index (χ4n) is 7.95. The van der Waals surface area contributed by atoms with E-state index >= 15 is 0 Å². The predicted octanol–water partition coefficient (Wildman–Crippen LogP) is 9.35. The van der Waals surface area contributed by atoms with Crippen molar-refractivity contribution >= 4 is 109 Å². The molecule has 0 saturated heterocycles. The minimum atomic E-state index is -0.149. The van der Waals surface area contributed by atoms with Gasteiger partial charge in [-0.15, -0.1) is 34.0 Å². The normalized spacial score (nSPS) is 12.3. The minimum Gasteiger partial charge on any atom is -0.356 e. The molecule has 13 heteroatoms. The summed E-state index contributed by atoms with van der Waals surface area (Å²) in [6.45, 7) is 5.51. The van der Waals surface area contributed by atoms with Crippen LogP contribution in [0.3, 0.4) is 0 Å². The van der Waals surface area contributed by atoms with Gasteiger partial charge in [-0.3, -0.25) is 28.0 Å². The van der Waals surface area contributed by atoms with Crippen LogP contribution >= 0.6 is 34.0 Å². The summed E-state index contributed by atoms with van der Waals surface area (Å²) in [6.07, 6.45) is 16.3. The number of nitrogens with one attached hydrogen (secondary N) is 2. The lowest BCUT2D eigenvalue weighted by molar-refractivity contribution is -0.122. The van der Waals surface area contributed by atoms with Gasteiger partial charge in [0.05, 0.1) is 20.4 Å². The summed E-state index contributed by atoms with van der Waals surface area (Å²) >= 11 is 4.65. The van der Waals surface area contributed by atoms with E-state index in [2.05, 4.69) is 24.5 Å². The number of amides is 2. The topological polar surface area (TPSA) is 127 Å². The number of carbonyl (C=O) groups is 2. The lowest BCUT2D eigenvalue weighted by Crippen LogP contribution is -2.25. The molecular formula is C42H48N6O4S3. The summed E-state index contributed by atoms with van der Waals surface area (Å²) in [5, 5.41) is 8.81. The molecule has 0 aliphatic rings. The zero-order valence-electron chi connectivity index (χ0n) is 31.7. The van der Waals surface area contributed by atoms with E-state index in [1.807, 2.05) is 12.1 Å². The van der Waals surface area contributed by atoms with E-state index in [-0.39, 0.29) is 22.9 Å². The molecule has 0 spiro atoms. The van der Waals surface area contributed by atoms with Crippen molar-refractivity contribution in [3.8, 4) is 0 Å². The Bertz CT molecular complexity index is 2570. The Morgan fingerprint density at radius 1 is 0.600 bits per heavy atom. The summed E-state index contributed by atoms with van der Waals surface area (Å²) in [4.78, 5) is 66.7. The number of fused-ring (bicyclic) bond motifs is 8. The number of pyridine rings is 2. The quantitative estimate of drug-likeness (QED) is 0.0585. The highest BCUT2D eigenvalue weighted by atomic mass is 32.1. The van der Waals surface area contributed by atoms with Crippen molar-refractivity contribution in [3.05, 3.63) is 54.7 Å². The van der Waals surface area contributed by atoms with Gasteiger partial charge >= 0.3 is 0 Å². The van der Waals surface area contributed by atoms with Crippen molar-refractivity contribution in [3.63, 3.8) is 0 Å². The number of aromatic nitrogens is 4. The van der Waals surface area contributed by atoms with E-state index in [0.29, 0.717) is 60.8 Å². The highest BCUT2D eigenvalue weighted by Gasteiger charge is 2.26. The second kappa shape index (κ2) is 16.5. The molecule has 0 bridgehead atoms. The molecule has 0 fully saturated rings. The molecule has 2 amide bonds. The molecule has 0 aliphatic carbocycles. The van der Waals surface area contributed by atoms with Crippen molar-refractivity contribution in [2.75, 3.05) is 13.1 Å². The van der Waals surface area contributed by atoms with Crippen LogP contribution in [-0.2, 0) is 22.4 Å². The van der Waals surface area contributed by atoms with Crippen LogP contribution in [0.4, 0.5) is 0 Å². The third-order valence-corrected chi connectivity index (χ3v) is 14.2. The molecule has 2 N–H and O–H groups in total. The van der Waals surface area contributed by atoms with Crippen molar-refractivity contribution in [2.45, 2.75) is 117 Å². The molecule has 8 aromatic rings. The Hall–Kier alpha value is -4.20. The van der Waals surface area contributed by atoms with Crippen LogP contribution < -0.4 is 21.8 Å². The number of hydrogen-bond donors (Lipinski definition) is 2. The number of hydrogen-bond acceptors (Lipinski definition) is 9. The van der Waals surface area contributed by atoms with Crippen molar-refractivity contribution < 1.29 is 9.59 Å². The highest BCUT2D eigenvalue weighted by Crippen LogP contribution is 2.44. The molecule has 8 rings (SSSR count). The Morgan fingerprint density at radius 3 is 1.45 bits per heavy atom. The largest absolute Gasteiger partial charge is 0.356 e. The van der Waals surface area contributed by atoms with Gasteiger partial charge in [-0.25, -0.2) is 9.97 Å². The average molecular weight is 797 g/mol. The molecular weight excluding hydrogens is 749 g/mol. The maximum absolute atomic E-state index is 14.1. The Kier molecular flexibility index (Phi) is 11.3. The number of thiophene rings is 3. The zero-order chi connectivity index (χ0) is 38.1. The first-order chi connectivity index (χ1) is 26.9. The summed E-state index contributed by atoms with van der Waals surface area (Å²) in [6, 6.07) is 7.62. The Morgan fingerprint density at radius 2 is 1.02 bits per heavy atom. The number of nitrogens with zero attached hydrogens (tertiary/aromatic N) is 4. The first-order valence-corrected chi connectivity index (χ1v) is 22.6. The van der Waals surface area contributed by atoms with E-state index in [1.54, 1.807) is 43.6 Å². The average Bonchev–Trinajstić information content (AvgIpc) is 3.99. The Balaban J connectivity index is 1.01. The van der Waals surface area contributed by atoms with E-state index in [1.165, 1.54) is 62.7 Å². The molecule has 0 aliphatic heterocycles. The highest BCUT2D eigenvalue weighted by molar-refractivity contribution is 7.27. The maximum Gasteiger partial charge on any atom is 0.264 e. The third-order valence-electron chi connectivity index (χ3n) is 10.8. The second-order valence-corrected chi connectivity index (χ2v) is 18.1. The van der Waals surface area contributed by atoms with Crippen LogP contribution in [-0.4, -0.2) is 43.7 Å². The van der Waals surface area contributed by atoms with E-state index in [4.69, 9.17) is 9.97 Å². The second-order valence-electron chi connectivity index (χ2n) is 14.9. The first kappa shape index (κ1) is 37.7. The lowest BCUT2D eigenvalue weighted by Gasteiger charge is -2.05. The summed E-state index contributed by atoms with van der Waals surface area (Å²) in [5.74, 6) is 0.186. The number of unbranched alkanes of at least 4 members (excludes halogenated alkanes) is 10. The van der Waals surface area contributed by atoms with Crippen LogP contribution in [0.2, 0.25) is 0 Å². The molecule has 0 unspecified atom stereocenters. The van der Waals surface area contributed by atoms with Gasteiger partial charge in [-0.05, 0) is 49.9 Å². The van der Waals surface area contributed by atoms with E-state index in [0.717, 1.165) is 76.3 Å². The minimum absolute atomic E-state index is 0.0932. The van der Waals surface area contributed by atoms with E-state index < -0.39 is 0 Å². The molecule has 7 heterocycles. The summed E-state index contributed by atoms with van der Waals surface area (Å²) in [5.41, 5.74) is 2.45.